The monoisotopic (exact) mass is 986 g/mol. The molecule has 73 heavy (non-hydrogen) atoms. The zero-order chi connectivity index (χ0) is 51.5. The van der Waals surface area contributed by atoms with Gasteiger partial charge in [0.25, 0.3) is 0 Å². The van der Waals surface area contributed by atoms with Gasteiger partial charge in [-0.25, -0.2) is 9.24 Å². The van der Waals surface area contributed by atoms with E-state index in [4.69, 9.17) is 16.0 Å². The largest absolute Gasteiger partial charge is 0.504 e. The van der Waals surface area contributed by atoms with Crippen molar-refractivity contribution in [2.75, 3.05) is 10.6 Å². The average molecular weight is 986 g/mol. The van der Waals surface area contributed by atoms with Gasteiger partial charge in [-0.15, -0.1) is 0 Å². The molecule has 1 aliphatic carbocycles. The molecule has 10 heteroatoms. The fourth-order valence-corrected chi connectivity index (χ4v) is 9.55. The first-order valence-corrected chi connectivity index (χ1v) is 26.8. The summed E-state index contributed by atoms with van der Waals surface area (Å²) in [6.45, 7) is 14.0. The summed E-state index contributed by atoms with van der Waals surface area (Å²) in [5, 5.41) is 30.5. The molecule has 1 aliphatic rings. The van der Waals surface area contributed by atoms with Crippen molar-refractivity contribution < 1.29 is 33.7 Å². The smallest absolute Gasteiger partial charge is 0.200 e. The van der Waals surface area contributed by atoms with Crippen LogP contribution in [0.1, 0.15) is 185 Å². The van der Waals surface area contributed by atoms with Gasteiger partial charge in [0.2, 0.25) is 11.6 Å². The van der Waals surface area contributed by atoms with Crippen LogP contribution in [-0.4, -0.2) is 21.8 Å². The van der Waals surface area contributed by atoms with Gasteiger partial charge in [0.1, 0.15) is 17.3 Å². The van der Waals surface area contributed by atoms with Gasteiger partial charge in [-0.2, -0.15) is 0 Å². The predicted octanol–water partition coefficient (Wildman–Crippen LogP) is 18.3. The number of benzene rings is 6. The van der Waals surface area contributed by atoms with E-state index in [1.165, 1.54) is 108 Å². The van der Waals surface area contributed by atoms with Crippen molar-refractivity contribution in [2.45, 2.75) is 156 Å². The van der Waals surface area contributed by atoms with Crippen molar-refractivity contribution >= 4 is 40.0 Å². The highest BCUT2D eigenvalue weighted by Crippen LogP contribution is 2.51. The van der Waals surface area contributed by atoms with Crippen LogP contribution in [0.2, 0.25) is 0 Å². The number of aromatic hydroxyl groups is 2. The molecule has 0 bridgehead atoms. The van der Waals surface area contributed by atoms with Crippen LogP contribution >= 0.6 is 0 Å². The molecule has 382 valence electrons. The van der Waals surface area contributed by atoms with Crippen molar-refractivity contribution in [3.05, 3.63) is 159 Å². The number of aryl methyl sites for hydroxylation is 3. The summed E-state index contributed by atoms with van der Waals surface area (Å²) < 4.78 is 28.3. The summed E-state index contributed by atoms with van der Waals surface area (Å²) in [4.78, 5) is 33.8. The van der Waals surface area contributed by atoms with Crippen molar-refractivity contribution in [3.8, 4) is 34.5 Å². The molecule has 0 heterocycles. The molecule has 0 aromatic heterocycles. The van der Waals surface area contributed by atoms with E-state index in [1.807, 2.05) is 60.7 Å². The molecule has 0 atom stereocenters. The highest BCUT2D eigenvalue weighted by atomic mass is 19.1. The van der Waals surface area contributed by atoms with E-state index < -0.39 is 28.9 Å². The first kappa shape index (κ1) is 53.7. The fourth-order valence-electron chi connectivity index (χ4n) is 9.55. The molecule has 4 N–H and O–H groups in total. The first-order chi connectivity index (χ1) is 35.6. The first-order valence-electron chi connectivity index (χ1n) is 26.8. The summed E-state index contributed by atoms with van der Waals surface area (Å²) in [5.74, 6) is -3.02. The van der Waals surface area contributed by atoms with E-state index in [-0.39, 0.29) is 56.5 Å². The number of halogens is 1. The summed E-state index contributed by atoms with van der Waals surface area (Å²) in [6, 6.07) is 29.6. The molecule has 0 saturated carbocycles. The van der Waals surface area contributed by atoms with Crippen molar-refractivity contribution in [1.82, 2.24) is 0 Å². The van der Waals surface area contributed by atoms with E-state index in [9.17, 15) is 10.2 Å². The van der Waals surface area contributed by atoms with Crippen LogP contribution < -0.4 is 20.1 Å². The molecule has 0 unspecified atom stereocenters. The lowest BCUT2D eigenvalue weighted by molar-refractivity contribution is 0.0974. The number of carbonyl (C=O) groups is 2. The van der Waals surface area contributed by atoms with Gasteiger partial charge >= 0.3 is 0 Å². The quantitative estimate of drug-likeness (QED) is 0.0208. The molecule has 0 aliphatic heterocycles. The Morgan fingerprint density at radius 2 is 0.863 bits per heavy atom. The van der Waals surface area contributed by atoms with E-state index >= 15 is 14.0 Å². The third-order valence-electron chi connectivity index (χ3n) is 13.8. The Morgan fingerprint density at radius 3 is 1.29 bits per heavy atom. The number of rotatable bonds is 29. The number of phenols is 2. The number of nitrogens with one attached hydrogen (secondary N) is 2. The highest BCUT2D eigenvalue weighted by Gasteiger charge is 2.41. The second-order valence-electron chi connectivity index (χ2n) is 19.5. The van der Waals surface area contributed by atoms with Gasteiger partial charge in [0.15, 0.2) is 28.7 Å². The number of hydrogen-bond donors (Lipinski definition) is 4. The molecule has 7 rings (SSSR count). The minimum absolute atomic E-state index is 0.0667. The van der Waals surface area contributed by atoms with E-state index in [1.54, 1.807) is 12.1 Å². The summed E-state index contributed by atoms with van der Waals surface area (Å²) in [6.07, 6.45) is 24.5. The summed E-state index contributed by atoms with van der Waals surface area (Å²) >= 11 is 0. The van der Waals surface area contributed by atoms with Crippen LogP contribution in [0.5, 0.6) is 34.5 Å². The van der Waals surface area contributed by atoms with Gasteiger partial charge in [-0.3, -0.25) is 9.59 Å². The fraction of sp³-hybridized carbons (Fsp3) is 0.381. The molecule has 6 aromatic carbocycles. The Bertz CT molecular complexity index is 2830. The number of hydrogen-bond acceptors (Lipinski definition) is 8. The van der Waals surface area contributed by atoms with E-state index in [2.05, 4.69) is 36.2 Å². The van der Waals surface area contributed by atoms with Crippen LogP contribution in [0.25, 0.3) is 4.85 Å². The number of fused-ring (bicyclic) bond motifs is 2. The second kappa shape index (κ2) is 27.1. The molecule has 9 nitrogen and oxygen atoms in total. The maximum Gasteiger partial charge on any atom is 0.200 e. The number of ketones is 2. The lowest BCUT2D eigenvalue weighted by Crippen LogP contribution is -2.24. The molecule has 0 spiro atoms. The van der Waals surface area contributed by atoms with E-state index in [0.29, 0.717) is 17.2 Å². The number of carbonyl (C=O) groups excluding carboxylic acids is 2. The Hall–Kier alpha value is -7.12. The third kappa shape index (κ3) is 14.3. The maximum atomic E-state index is 15.7. The van der Waals surface area contributed by atoms with Gasteiger partial charge in [-0.1, -0.05) is 160 Å². The van der Waals surface area contributed by atoms with Crippen LogP contribution in [0.4, 0.5) is 32.8 Å². The van der Waals surface area contributed by atoms with Crippen LogP contribution in [-0.2, 0) is 19.3 Å². The molecular formula is C63H72FN3O6. The number of unbranched alkanes of at least 4 members (excludes halogenated alkanes) is 15. The minimum atomic E-state index is -0.820. The number of phenolic OH excluding ortho intramolecular Hbond substituents is 2. The standard InChI is InChI=1S/C63H72FN3O6/c1-5-8-11-13-15-17-19-21-24-44-28-35-48(36-29-44)72-54-41-52(66-46-32-26-43(27-33-46)23-10-7-3)56-58(60(54)68)63(71)57-53(67-51-39-34-47(65-4)40-50(51)64)42-55(61(69)59(57)62(56)70)73-49-37-30-45(31-38-49)25-22-20-18-16-14-12-9-6-2/h26-42,66-69H,5-25H2,1-3H3. The normalized spacial score (nSPS) is 11.8. The summed E-state index contributed by atoms with van der Waals surface area (Å²) in [7, 11) is 0. The number of nitrogens with zero attached hydrogens (tertiary/aromatic N) is 1. The topological polar surface area (TPSA) is 121 Å². The molecule has 0 fully saturated rings. The van der Waals surface area contributed by atoms with Gasteiger partial charge < -0.3 is 30.3 Å². The number of anilines is 4. The van der Waals surface area contributed by atoms with Crippen molar-refractivity contribution in [2.24, 2.45) is 0 Å². The van der Waals surface area contributed by atoms with Gasteiger partial charge in [0.05, 0.1) is 45.9 Å². The summed E-state index contributed by atoms with van der Waals surface area (Å²) in [5.41, 5.74) is 2.88. The predicted molar refractivity (Wildman–Crippen MR) is 293 cm³/mol. The zero-order valence-corrected chi connectivity index (χ0v) is 43.0. The van der Waals surface area contributed by atoms with Crippen LogP contribution in [0.3, 0.4) is 0 Å². The van der Waals surface area contributed by atoms with Crippen LogP contribution in [0.15, 0.2) is 103 Å². The van der Waals surface area contributed by atoms with Crippen molar-refractivity contribution in [3.63, 3.8) is 0 Å². The Morgan fingerprint density at radius 1 is 0.466 bits per heavy atom. The lowest BCUT2D eigenvalue weighted by Gasteiger charge is -2.27. The van der Waals surface area contributed by atoms with Crippen LogP contribution in [0, 0.1) is 12.4 Å². The lowest BCUT2D eigenvalue weighted by atomic mass is 9.80. The SMILES string of the molecule is [C-]#[N+]c1ccc(Nc2cc(Oc3ccc(CCCCCCCCCC)cc3)c(O)c3c2C(=O)c2c(O)c(Oc4ccc(CCCCCCCCCC)cc4)cc(Nc4ccc(CCCC)cc4)c2C3=O)c(F)c1. The van der Waals surface area contributed by atoms with Gasteiger partial charge in [0, 0.05) is 17.8 Å². The Balaban J connectivity index is 1.22. The zero-order valence-electron chi connectivity index (χ0n) is 43.0. The average Bonchev–Trinajstić information content (AvgIpc) is 3.40. The minimum Gasteiger partial charge on any atom is -0.504 e. The van der Waals surface area contributed by atoms with Gasteiger partial charge in [-0.05, 0) is 104 Å². The third-order valence-corrected chi connectivity index (χ3v) is 13.8. The number of ether oxygens (including phenoxy) is 2. The molecule has 6 aromatic rings. The molecular weight excluding hydrogens is 914 g/mol. The Labute approximate surface area is 432 Å². The maximum absolute atomic E-state index is 15.7. The Kier molecular flexibility index (Phi) is 19.9. The second-order valence-corrected chi connectivity index (χ2v) is 19.5. The van der Waals surface area contributed by atoms with Crippen molar-refractivity contribution in [1.29, 1.82) is 0 Å². The van der Waals surface area contributed by atoms with E-state index in [0.717, 1.165) is 74.1 Å². The molecule has 0 radical (unpaired) electrons. The molecule has 0 amide bonds. The molecule has 0 saturated heterocycles. The highest BCUT2D eigenvalue weighted by molar-refractivity contribution is 6.34.